The largest absolute Gasteiger partial charge is 0.481 e. The van der Waals surface area contributed by atoms with Crippen molar-refractivity contribution >= 4 is 17.3 Å². The fraction of sp³-hybridized carbons (Fsp3) is 0.500. The van der Waals surface area contributed by atoms with Crippen molar-refractivity contribution in [2.24, 2.45) is 5.73 Å². The molecule has 0 aliphatic rings. The predicted octanol–water partition coefficient (Wildman–Crippen LogP) is 1.10. The number of carboxylic acid groups (broad SMARTS) is 1. The molecule has 0 aliphatic carbocycles. The molecule has 1 unspecified atom stereocenters. The Balaban J connectivity index is 2.86. The lowest BCUT2D eigenvalue weighted by Gasteiger charge is -2.19. The van der Waals surface area contributed by atoms with E-state index >= 15 is 0 Å². The normalized spacial score (nSPS) is 15.3. The lowest BCUT2D eigenvalue weighted by Crippen LogP contribution is -2.34. The van der Waals surface area contributed by atoms with Gasteiger partial charge in [0.2, 0.25) is 0 Å². The zero-order valence-corrected chi connectivity index (χ0v) is 8.39. The first-order valence-corrected chi connectivity index (χ1v) is 4.67. The summed E-state index contributed by atoms with van der Waals surface area (Å²) in [5.74, 6) is -0.893. The monoisotopic (exact) mass is 200 g/mol. The zero-order chi connectivity index (χ0) is 10.1. The van der Waals surface area contributed by atoms with Gasteiger partial charge < -0.3 is 10.8 Å². The number of thiazole rings is 1. The minimum Gasteiger partial charge on any atom is -0.481 e. The molecular formula is C8H12N2O2S. The number of nitrogens with zero attached hydrogens (tertiary/aromatic N) is 1. The molecule has 0 bridgehead atoms. The van der Waals surface area contributed by atoms with Crippen molar-refractivity contribution in [2.45, 2.75) is 25.8 Å². The molecular weight excluding hydrogens is 188 g/mol. The smallest absolute Gasteiger partial charge is 0.305 e. The van der Waals surface area contributed by atoms with Crippen LogP contribution in [-0.4, -0.2) is 16.1 Å². The van der Waals surface area contributed by atoms with Crippen LogP contribution in [0, 0.1) is 6.92 Å². The summed E-state index contributed by atoms with van der Waals surface area (Å²) in [6, 6.07) is 0. The van der Waals surface area contributed by atoms with Crippen LogP contribution in [0.3, 0.4) is 0 Å². The van der Waals surface area contributed by atoms with E-state index in [9.17, 15) is 4.79 Å². The second kappa shape index (κ2) is 3.43. The van der Waals surface area contributed by atoms with Gasteiger partial charge in [0.1, 0.15) is 0 Å². The molecule has 3 N–H and O–H groups in total. The van der Waals surface area contributed by atoms with Gasteiger partial charge in [0.15, 0.2) is 0 Å². The molecule has 13 heavy (non-hydrogen) atoms. The van der Waals surface area contributed by atoms with Crippen molar-refractivity contribution in [3.05, 3.63) is 16.1 Å². The highest BCUT2D eigenvalue weighted by molar-refractivity contribution is 7.11. The maximum Gasteiger partial charge on any atom is 0.305 e. The Hall–Kier alpha value is -0.940. The fourth-order valence-corrected chi connectivity index (χ4v) is 1.86. The first-order chi connectivity index (χ1) is 5.92. The summed E-state index contributed by atoms with van der Waals surface area (Å²) in [5, 5.41) is 9.52. The van der Waals surface area contributed by atoms with Crippen molar-refractivity contribution in [3.63, 3.8) is 0 Å². The third-order valence-corrected chi connectivity index (χ3v) is 2.90. The standard InChI is InChI=1S/C8H12N2O2S/c1-5-10-4-6(13-5)8(2,9)3-7(11)12/h4H,3,9H2,1-2H3,(H,11,12). The summed E-state index contributed by atoms with van der Waals surface area (Å²) in [6.07, 6.45) is 1.57. The van der Waals surface area contributed by atoms with Crippen LogP contribution in [0.15, 0.2) is 6.20 Å². The van der Waals surface area contributed by atoms with Gasteiger partial charge in [-0.15, -0.1) is 11.3 Å². The number of aliphatic carboxylic acids is 1. The van der Waals surface area contributed by atoms with Gasteiger partial charge in [-0.1, -0.05) is 0 Å². The SMILES string of the molecule is Cc1ncc(C(C)(N)CC(=O)O)s1. The first kappa shape index (κ1) is 10.1. The number of hydrogen-bond donors (Lipinski definition) is 2. The molecule has 1 rings (SSSR count). The van der Waals surface area contributed by atoms with E-state index in [-0.39, 0.29) is 6.42 Å². The highest BCUT2D eigenvalue weighted by atomic mass is 32.1. The quantitative estimate of drug-likeness (QED) is 0.766. The molecule has 0 fully saturated rings. The molecule has 72 valence electrons. The summed E-state index contributed by atoms with van der Waals surface area (Å²) in [6.45, 7) is 3.57. The van der Waals surface area contributed by atoms with E-state index in [2.05, 4.69) is 4.98 Å². The van der Waals surface area contributed by atoms with E-state index in [0.717, 1.165) is 9.88 Å². The highest BCUT2D eigenvalue weighted by Gasteiger charge is 2.26. The minimum absolute atomic E-state index is 0.0748. The second-order valence-corrected chi connectivity index (χ2v) is 4.47. The molecule has 5 heteroatoms. The molecule has 0 saturated heterocycles. The van der Waals surface area contributed by atoms with Gasteiger partial charge in [0, 0.05) is 11.1 Å². The van der Waals surface area contributed by atoms with Crippen LogP contribution in [0.5, 0.6) is 0 Å². The predicted molar refractivity (Wildman–Crippen MR) is 50.6 cm³/mol. The summed E-state index contributed by atoms with van der Waals surface area (Å²) in [4.78, 5) is 15.3. The Morgan fingerprint density at radius 3 is 2.85 bits per heavy atom. The maximum atomic E-state index is 10.5. The topological polar surface area (TPSA) is 76.2 Å². The molecule has 4 nitrogen and oxygen atoms in total. The van der Waals surface area contributed by atoms with Crippen LogP contribution in [0.4, 0.5) is 0 Å². The van der Waals surface area contributed by atoms with Gasteiger partial charge in [-0.3, -0.25) is 4.79 Å². The number of carbonyl (C=O) groups is 1. The van der Waals surface area contributed by atoms with E-state index in [1.54, 1.807) is 13.1 Å². The molecule has 0 aliphatic heterocycles. The molecule has 0 saturated carbocycles. The first-order valence-electron chi connectivity index (χ1n) is 3.85. The van der Waals surface area contributed by atoms with E-state index in [1.807, 2.05) is 6.92 Å². The Morgan fingerprint density at radius 2 is 2.46 bits per heavy atom. The van der Waals surface area contributed by atoms with E-state index in [1.165, 1.54) is 11.3 Å². The Kier molecular flexibility index (Phi) is 2.68. The molecule has 0 radical (unpaired) electrons. The average molecular weight is 200 g/mol. The Bertz CT molecular complexity index is 320. The number of rotatable bonds is 3. The van der Waals surface area contributed by atoms with Gasteiger partial charge in [-0.25, -0.2) is 4.98 Å². The van der Waals surface area contributed by atoms with Crippen molar-refractivity contribution in [1.29, 1.82) is 0 Å². The van der Waals surface area contributed by atoms with Gasteiger partial charge in [0.25, 0.3) is 0 Å². The second-order valence-electron chi connectivity index (χ2n) is 3.23. The third-order valence-electron chi connectivity index (χ3n) is 1.70. The zero-order valence-electron chi connectivity index (χ0n) is 7.57. The Morgan fingerprint density at radius 1 is 1.85 bits per heavy atom. The van der Waals surface area contributed by atoms with Gasteiger partial charge in [-0.2, -0.15) is 0 Å². The van der Waals surface area contributed by atoms with Crippen molar-refractivity contribution in [2.75, 3.05) is 0 Å². The van der Waals surface area contributed by atoms with Crippen LogP contribution in [0.1, 0.15) is 23.2 Å². The molecule has 0 aromatic carbocycles. The summed E-state index contributed by atoms with van der Waals surface area (Å²) < 4.78 is 0. The van der Waals surface area contributed by atoms with Crippen LogP contribution >= 0.6 is 11.3 Å². The maximum absolute atomic E-state index is 10.5. The van der Waals surface area contributed by atoms with E-state index in [0.29, 0.717) is 0 Å². The van der Waals surface area contributed by atoms with Gasteiger partial charge in [-0.05, 0) is 13.8 Å². The van der Waals surface area contributed by atoms with Crippen LogP contribution < -0.4 is 5.73 Å². The molecule has 0 amide bonds. The molecule has 1 atom stereocenters. The molecule has 1 aromatic rings. The van der Waals surface area contributed by atoms with Crippen molar-refractivity contribution in [1.82, 2.24) is 4.98 Å². The van der Waals surface area contributed by atoms with Crippen LogP contribution in [0.2, 0.25) is 0 Å². The summed E-state index contributed by atoms with van der Waals surface area (Å²) in [7, 11) is 0. The lowest BCUT2D eigenvalue weighted by atomic mass is 9.98. The van der Waals surface area contributed by atoms with E-state index < -0.39 is 11.5 Å². The van der Waals surface area contributed by atoms with Crippen LogP contribution in [0.25, 0.3) is 0 Å². The van der Waals surface area contributed by atoms with Crippen molar-refractivity contribution < 1.29 is 9.90 Å². The number of nitrogens with two attached hydrogens (primary N) is 1. The average Bonchev–Trinajstić information content (AvgIpc) is 2.32. The number of aryl methyl sites for hydroxylation is 1. The molecule has 1 aromatic heterocycles. The van der Waals surface area contributed by atoms with Crippen LogP contribution in [-0.2, 0) is 10.3 Å². The summed E-state index contributed by atoms with van der Waals surface area (Å²) >= 11 is 1.44. The minimum atomic E-state index is -0.893. The number of hydrogen-bond acceptors (Lipinski definition) is 4. The third kappa shape index (κ3) is 2.50. The molecule has 0 spiro atoms. The van der Waals surface area contributed by atoms with E-state index in [4.69, 9.17) is 10.8 Å². The van der Waals surface area contributed by atoms with Crippen molar-refractivity contribution in [3.8, 4) is 0 Å². The number of carboxylic acids is 1. The number of aromatic nitrogens is 1. The van der Waals surface area contributed by atoms with Gasteiger partial charge >= 0.3 is 5.97 Å². The fourth-order valence-electron chi connectivity index (χ4n) is 1.03. The molecule has 1 heterocycles. The highest BCUT2D eigenvalue weighted by Crippen LogP contribution is 2.26. The van der Waals surface area contributed by atoms with Gasteiger partial charge in [0.05, 0.1) is 17.0 Å². The Labute approximate surface area is 80.4 Å². The lowest BCUT2D eigenvalue weighted by molar-refractivity contribution is -0.138. The summed E-state index contributed by atoms with van der Waals surface area (Å²) in [5.41, 5.74) is 5.03.